The van der Waals surface area contributed by atoms with Crippen LogP contribution in [-0.4, -0.2) is 14.6 Å². The zero-order valence-corrected chi connectivity index (χ0v) is 10.2. The van der Waals surface area contributed by atoms with E-state index < -0.39 is 0 Å². The highest BCUT2D eigenvalue weighted by atomic mass is 35.5. The molecule has 0 saturated carbocycles. The number of benzene rings is 1. The molecule has 0 aliphatic heterocycles. The molecule has 0 unspecified atom stereocenters. The maximum absolute atomic E-state index is 6.02. The first-order valence-corrected chi connectivity index (χ1v) is 5.88. The zero-order chi connectivity index (χ0) is 12.4. The molecule has 1 aromatic carbocycles. The van der Waals surface area contributed by atoms with E-state index in [1.54, 1.807) is 6.07 Å². The predicted molar refractivity (Wildman–Crippen MR) is 68.8 cm³/mol. The molecule has 0 radical (unpaired) electrons. The summed E-state index contributed by atoms with van der Waals surface area (Å²) in [6.45, 7) is 0.353. The Hall–Kier alpha value is -2.07. The molecule has 3 rings (SSSR count). The van der Waals surface area contributed by atoms with Crippen LogP contribution in [0.4, 0.5) is 0 Å². The number of hydrogen-bond donors (Lipinski definition) is 0. The third kappa shape index (κ3) is 2.02. The van der Waals surface area contributed by atoms with E-state index in [0.717, 1.165) is 11.6 Å². The van der Waals surface area contributed by atoms with Gasteiger partial charge in [0.2, 0.25) is 0 Å². The van der Waals surface area contributed by atoms with Gasteiger partial charge in [-0.15, -0.1) is 10.2 Å². The van der Waals surface area contributed by atoms with Crippen LogP contribution in [0.5, 0.6) is 5.75 Å². The summed E-state index contributed by atoms with van der Waals surface area (Å²) in [7, 11) is 0. The molecule has 0 atom stereocenters. The first-order valence-electron chi connectivity index (χ1n) is 5.50. The van der Waals surface area contributed by atoms with Gasteiger partial charge in [0.05, 0.1) is 5.02 Å². The van der Waals surface area contributed by atoms with Gasteiger partial charge in [-0.3, -0.25) is 4.40 Å². The first kappa shape index (κ1) is 11.0. The van der Waals surface area contributed by atoms with Crippen molar-refractivity contribution >= 4 is 17.2 Å². The highest BCUT2D eigenvalue weighted by molar-refractivity contribution is 6.33. The molecule has 0 amide bonds. The van der Waals surface area contributed by atoms with Gasteiger partial charge >= 0.3 is 0 Å². The number of ether oxygens (including phenoxy) is 1. The lowest BCUT2D eigenvalue weighted by Crippen LogP contribution is -2.01. The summed E-state index contributed by atoms with van der Waals surface area (Å²) in [6.07, 6.45) is 1.87. The van der Waals surface area contributed by atoms with Gasteiger partial charge in [-0.05, 0) is 24.3 Å². The summed E-state index contributed by atoms with van der Waals surface area (Å²) in [5.74, 6) is 1.52. The minimum absolute atomic E-state index is 0.353. The fourth-order valence-electron chi connectivity index (χ4n) is 1.69. The molecule has 3 aromatic rings. The lowest BCUT2D eigenvalue weighted by Gasteiger charge is -2.04. The number of nitrogens with zero attached hydrogens (tertiary/aromatic N) is 3. The Bertz CT molecular complexity index is 666. The van der Waals surface area contributed by atoms with Crippen LogP contribution in [0.25, 0.3) is 5.65 Å². The zero-order valence-electron chi connectivity index (χ0n) is 9.45. The second-order valence-electron chi connectivity index (χ2n) is 3.77. The Morgan fingerprint density at radius 1 is 1.06 bits per heavy atom. The Kier molecular flexibility index (Phi) is 2.86. The number of pyridine rings is 1. The van der Waals surface area contributed by atoms with Gasteiger partial charge in [-0.25, -0.2) is 0 Å². The third-order valence-corrected chi connectivity index (χ3v) is 2.86. The van der Waals surface area contributed by atoms with Crippen molar-refractivity contribution in [3.05, 3.63) is 59.5 Å². The van der Waals surface area contributed by atoms with Gasteiger partial charge in [-0.1, -0.05) is 29.8 Å². The number of para-hydroxylation sites is 1. The van der Waals surface area contributed by atoms with Gasteiger partial charge in [0.25, 0.3) is 0 Å². The molecule has 90 valence electrons. The molecule has 0 spiro atoms. The molecule has 0 aliphatic rings. The molecule has 0 saturated heterocycles. The van der Waals surface area contributed by atoms with E-state index in [4.69, 9.17) is 16.3 Å². The molecule has 0 fully saturated rings. The summed E-state index contributed by atoms with van der Waals surface area (Å²) in [5, 5.41) is 8.69. The number of aromatic nitrogens is 3. The van der Waals surface area contributed by atoms with Crippen molar-refractivity contribution in [1.82, 2.24) is 14.6 Å². The van der Waals surface area contributed by atoms with Gasteiger partial charge in [0, 0.05) is 6.20 Å². The molecule has 2 heterocycles. The van der Waals surface area contributed by atoms with Crippen molar-refractivity contribution in [1.29, 1.82) is 0 Å². The normalized spacial score (nSPS) is 10.7. The van der Waals surface area contributed by atoms with Crippen LogP contribution in [0.3, 0.4) is 0 Å². The summed E-state index contributed by atoms with van der Waals surface area (Å²) in [5.41, 5.74) is 0.644. The number of rotatable bonds is 3. The summed E-state index contributed by atoms with van der Waals surface area (Å²) in [4.78, 5) is 0. The summed E-state index contributed by atoms with van der Waals surface area (Å²) >= 11 is 6.02. The van der Waals surface area contributed by atoms with E-state index in [0.29, 0.717) is 17.3 Å². The molecule has 18 heavy (non-hydrogen) atoms. The Labute approximate surface area is 109 Å². The standard InChI is InChI=1S/C13H10ClN3O/c14-11-7-4-8-17-12(15-16-13(11)17)9-18-10-5-2-1-3-6-10/h1-8H,9H2. The molecule has 2 aromatic heterocycles. The molecular weight excluding hydrogens is 250 g/mol. The van der Waals surface area contributed by atoms with E-state index in [2.05, 4.69) is 10.2 Å². The average molecular weight is 260 g/mol. The number of halogens is 1. The Morgan fingerprint density at radius 2 is 1.89 bits per heavy atom. The predicted octanol–water partition coefficient (Wildman–Crippen LogP) is 2.96. The average Bonchev–Trinajstić information content (AvgIpc) is 2.82. The van der Waals surface area contributed by atoms with Crippen molar-refractivity contribution in [3.8, 4) is 5.75 Å². The topological polar surface area (TPSA) is 39.4 Å². The van der Waals surface area contributed by atoms with Gasteiger partial charge < -0.3 is 4.74 Å². The molecule has 0 aliphatic carbocycles. The smallest absolute Gasteiger partial charge is 0.179 e. The lowest BCUT2D eigenvalue weighted by molar-refractivity contribution is 0.294. The van der Waals surface area contributed by atoms with E-state index >= 15 is 0 Å². The second-order valence-corrected chi connectivity index (χ2v) is 4.17. The fourth-order valence-corrected chi connectivity index (χ4v) is 1.90. The Morgan fingerprint density at radius 3 is 2.72 bits per heavy atom. The Balaban J connectivity index is 1.85. The minimum Gasteiger partial charge on any atom is -0.486 e. The first-order chi connectivity index (χ1) is 8.84. The highest BCUT2D eigenvalue weighted by Crippen LogP contribution is 2.16. The van der Waals surface area contributed by atoms with E-state index in [-0.39, 0.29) is 0 Å². The maximum atomic E-state index is 6.02. The van der Waals surface area contributed by atoms with Crippen LogP contribution in [0, 0.1) is 0 Å². The number of hydrogen-bond acceptors (Lipinski definition) is 3. The monoisotopic (exact) mass is 259 g/mol. The summed E-state index contributed by atoms with van der Waals surface area (Å²) < 4.78 is 7.46. The van der Waals surface area contributed by atoms with Crippen molar-refractivity contribution in [2.75, 3.05) is 0 Å². The second kappa shape index (κ2) is 4.66. The maximum Gasteiger partial charge on any atom is 0.179 e. The van der Waals surface area contributed by atoms with Crippen LogP contribution >= 0.6 is 11.6 Å². The minimum atomic E-state index is 0.353. The van der Waals surface area contributed by atoms with E-state index in [1.165, 1.54) is 0 Å². The van der Waals surface area contributed by atoms with Crippen LogP contribution in [-0.2, 0) is 6.61 Å². The molecule has 5 heteroatoms. The lowest BCUT2D eigenvalue weighted by atomic mass is 10.3. The van der Waals surface area contributed by atoms with Crippen LogP contribution in [0.1, 0.15) is 5.82 Å². The molecule has 0 N–H and O–H groups in total. The van der Waals surface area contributed by atoms with Gasteiger partial charge in [-0.2, -0.15) is 0 Å². The highest BCUT2D eigenvalue weighted by Gasteiger charge is 2.08. The number of fused-ring (bicyclic) bond motifs is 1. The van der Waals surface area contributed by atoms with E-state index in [1.807, 2.05) is 47.0 Å². The molecule has 4 nitrogen and oxygen atoms in total. The van der Waals surface area contributed by atoms with Crippen LogP contribution in [0.15, 0.2) is 48.7 Å². The quantitative estimate of drug-likeness (QED) is 0.726. The van der Waals surface area contributed by atoms with Crippen LogP contribution < -0.4 is 4.74 Å². The SMILES string of the molecule is Clc1cccn2c(COc3ccccc3)nnc12. The van der Waals surface area contributed by atoms with Gasteiger partial charge in [0.1, 0.15) is 12.4 Å². The largest absolute Gasteiger partial charge is 0.486 e. The van der Waals surface area contributed by atoms with Crippen molar-refractivity contribution in [2.45, 2.75) is 6.61 Å². The van der Waals surface area contributed by atoms with Crippen molar-refractivity contribution in [2.24, 2.45) is 0 Å². The fraction of sp³-hybridized carbons (Fsp3) is 0.0769. The molecular formula is C13H10ClN3O. The van der Waals surface area contributed by atoms with Crippen LogP contribution in [0.2, 0.25) is 5.02 Å². The van der Waals surface area contributed by atoms with Crippen molar-refractivity contribution in [3.63, 3.8) is 0 Å². The van der Waals surface area contributed by atoms with Gasteiger partial charge in [0.15, 0.2) is 11.5 Å². The third-order valence-electron chi connectivity index (χ3n) is 2.57. The summed E-state index contributed by atoms with van der Waals surface area (Å²) in [6, 6.07) is 13.2. The van der Waals surface area contributed by atoms with E-state index in [9.17, 15) is 0 Å². The molecule has 0 bridgehead atoms. The van der Waals surface area contributed by atoms with Crippen molar-refractivity contribution < 1.29 is 4.74 Å².